The summed E-state index contributed by atoms with van der Waals surface area (Å²) in [5.41, 5.74) is 4.59. The summed E-state index contributed by atoms with van der Waals surface area (Å²) < 4.78 is 0. The Bertz CT molecular complexity index is 541. The predicted molar refractivity (Wildman–Crippen MR) is 92.2 cm³/mol. The molecule has 22 heavy (non-hydrogen) atoms. The highest BCUT2D eigenvalue weighted by Gasteiger charge is 2.30. The van der Waals surface area contributed by atoms with Crippen molar-refractivity contribution in [3.8, 4) is 5.75 Å². The van der Waals surface area contributed by atoms with Gasteiger partial charge in [-0.2, -0.15) is 0 Å². The van der Waals surface area contributed by atoms with Crippen molar-refractivity contribution in [3.05, 3.63) is 40.5 Å². The second-order valence-electron chi connectivity index (χ2n) is 7.20. The van der Waals surface area contributed by atoms with Crippen molar-refractivity contribution in [2.24, 2.45) is 5.92 Å². The van der Waals surface area contributed by atoms with Gasteiger partial charge in [-0.15, -0.1) is 0 Å². The van der Waals surface area contributed by atoms with Crippen LogP contribution in [-0.2, 0) is 6.61 Å². The Morgan fingerprint density at radius 2 is 2.05 bits per heavy atom. The van der Waals surface area contributed by atoms with Crippen LogP contribution in [0.5, 0.6) is 5.75 Å². The third kappa shape index (κ3) is 3.73. The molecule has 2 N–H and O–H groups in total. The van der Waals surface area contributed by atoms with Gasteiger partial charge in [0.05, 0.1) is 6.61 Å². The maximum absolute atomic E-state index is 10.4. The number of allylic oxidation sites excluding steroid dienone is 2. The van der Waals surface area contributed by atoms with Gasteiger partial charge in [-0.25, -0.2) is 0 Å². The predicted octanol–water partition coefficient (Wildman–Crippen LogP) is 5.25. The number of aromatic hydroxyl groups is 1. The average molecular weight is 302 g/mol. The van der Waals surface area contributed by atoms with E-state index < -0.39 is 0 Å². The minimum absolute atomic E-state index is 0.00586. The lowest BCUT2D eigenvalue weighted by atomic mass is 9.71. The Hall–Kier alpha value is -1.28. The molecule has 1 aliphatic carbocycles. The summed E-state index contributed by atoms with van der Waals surface area (Å²) in [6.45, 7) is 8.81. The molecule has 1 aromatic carbocycles. The summed E-state index contributed by atoms with van der Waals surface area (Å²) in [7, 11) is 0. The highest BCUT2D eigenvalue weighted by atomic mass is 16.3. The molecule has 0 amide bonds. The summed E-state index contributed by atoms with van der Waals surface area (Å²) in [6.07, 6.45) is 6.92. The maximum Gasteiger partial charge on any atom is 0.119 e. The first-order valence-corrected chi connectivity index (χ1v) is 8.54. The fourth-order valence-corrected chi connectivity index (χ4v) is 3.81. The molecule has 2 nitrogen and oxygen atoms in total. The van der Waals surface area contributed by atoms with E-state index in [1.807, 2.05) is 0 Å². The lowest BCUT2D eigenvalue weighted by Crippen LogP contribution is -2.19. The largest absolute Gasteiger partial charge is 0.508 e. The zero-order valence-corrected chi connectivity index (χ0v) is 14.4. The molecule has 1 aliphatic rings. The lowest BCUT2D eigenvalue weighted by molar-refractivity contribution is 0.280. The highest BCUT2D eigenvalue weighted by Crippen LogP contribution is 2.47. The molecular formula is C20H30O2. The van der Waals surface area contributed by atoms with E-state index in [1.165, 1.54) is 24.0 Å². The second-order valence-corrected chi connectivity index (χ2v) is 7.20. The molecule has 1 aromatic rings. The van der Waals surface area contributed by atoms with Gasteiger partial charge in [-0.3, -0.25) is 0 Å². The molecule has 0 aliphatic heterocycles. The number of benzene rings is 1. The van der Waals surface area contributed by atoms with E-state index in [4.69, 9.17) is 0 Å². The lowest BCUT2D eigenvalue weighted by Gasteiger charge is -2.34. The molecule has 0 saturated heterocycles. The smallest absolute Gasteiger partial charge is 0.119 e. The van der Waals surface area contributed by atoms with Crippen LogP contribution in [0.4, 0.5) is 0 Å². The van der Waals surface area contributed by atoms with Crippen LogP contribution in [0.25, 0.3) is 0 Å². The van der Waals surface area contributed by atoms with E-state index in [9.17, 15) is 10.2 Å². The maximum atomic E-state index is 10.4. The fraction of sp³-hybridized carbons (Fsp3) is 0.600. The first kappa shape index (κ1) is 17.1. The molecular weight excluding hydrogens is 272 g/mol. The van der Waals surface area contributed by atoms with E-state index in [1.54, 1.807) is 6.07 Å². The number of aliphatic hydroxyl groups is 1. The SMILES string of the molecule is CC(C)=CCC[C@H](C)[C@@H]1CC[C@@H](C)c2c(O)cc(CO)cc21. The van der Waals surface area contributed by atoms with Crippen LogP contribution >= 0.6 is 0 Å². The summed E-state index contributed by atoms with van der Waals surface area (Å²) in [5.74, 6) is 1.86. The molecule has 0 bridgehead atoms. The molecule has 2 rings (SSSR count). The molecule has 122 valence electrons. The van der Waals surface area contributed by atoms with Crippen LogP contribution in [0.2, 0.25) is 0 Å². The van der Waals surface area contributed by atoms with Gasteiger partial charge < -0.3 is 10.2 Å². The van der Waals surface area contributed by atoms with Crippen molar-refractivity contribution in [1.29, 1.82) is 0 Å². The Labute approximate surface area is 134 Å². The molecule has 0 unspecified atom stereocenters. The first-order chi connectivity index (χ1) is 10.4. The van der Waals surface area contributed by atoms with Gasteiger partial charge in [0.15, 0.2) is 0 Å². The molecule has 2 heteroatoms. The second kappa shape index (κ2) is 7.32. The van der Waals surface area contributed by atoms with Crippen molar-refractivity contribution in [2.75, 3.05) is 0 Å². The van der Waals surface area contributed by atoms with Crippen molar-refractivity contribution in [1.82, 2.24) is 0 Å². The summed E-state index contributed by atoms with van der Waals surface area (Å²) in [6, 6.07) is 3.85. The van der Waals surface area contributed by atoms with Crippen molar-refractivity contribution in [2.45, 2.75) is 71.8 Å². The van der Waals surface area contributed by atoms with Crippen LogP contribution in [0.1, 0.15) is 81.9 Å². The van der Waals surface area contributed by atoms with E-state index >= 15 is 0 Å². The Kier molecular flexibility index (Phi) is 5.69. The van der Waals surface area contributed by atoms with Crippen LogP contribution in [0.15, 0.2) is 23.8 Å². The minimum atomic E-state index is -0.00586. The third-order valence-electron chi connectivity index (χ3n) is 5.10. The number of hydrogen-bond donors (Lipinski definition) is 2. The number of aliphatic hydroxyl groups excluding tert-OH is 1. The average Bonchev–Trinajstić information content (AvgIpc) is 2.46. The molecule has 0 saturated carbocycles. The summed E-state index contributed by atoms with van der Waals surface area (Å²) in [4.78, 5) is 0. The van der Waals surface area contributed by atoms with Crippen LogP contribution in [0, 0.1) is 5.92 Å². The first-order valence-electron chi connectivity index (χ1n) is 8.54. The van der Waals surface area contributed by atoms with Crippen molar-refractivity contribution < 1.29 is 10.2 Å². The Morgan fingerprint density at radius 1 is 1.32 bits per heavy atom. The van der Waals surface area contributed by atoms with E-state index in [2.05, 4.69) is 39.8 Å². The molecule has 0 spiro atoms. The third-order valence-corrected chi connectivity index (χ3v) is 5.10. The van der Waals surface area contributed by atoms with Gasteiger partial charge in [-0.1, -0.05) is 31.6 Å². The zero-order valence-electron chi connectivity index (χ0n) is 14.4. The monoisotopic (exact) mass is 302 g/mol. The number of fused-ring (bicyclic) bond motifs is 1. The van der Waals surface area contributed by atoms with E-state index in [-0.39, 0.29) is 6.61 Å². The van der Waals surface area contributed by atoms with Gasteiger partial charge in [-0.05, 0) is 74.5 Å². The highest BCUT2D eigenvalue weighted by molar-refractivity contribution is 5.48. The van der Waals surface area contributed by atoms with Gasteiger partial charge in [0.1, 0.15) is 5.75 Å². The fourth-order valence-electron chi connectivity index (χ4n) is 3.81. The Balaban J connectivity index is 2.27. The molecule has 0 aromatic heterocycles. The van der Waals surface area contributed by atoms with Crippen molar-refractivity contribution >= 4 is 0 Å². The van der Waals surface area contributed by atoms with Gasteiger partial charge in [0, 0.05) is 5.56 Å². The summed E-state index contributed by atoms with van der Waals surface area (Å²) in [5, 5.41) is 19.8. The quantitative estimate of drug-likeness (QED) is 0.729. The van der Waals surface area contributed by atoms with Gasteiger partial charge in [0.25, 0.3) is 0 Å². The van der Waals surface area contributed by atoms with Gasteiger partial charge >= 0.3 is 0 Å². The number of rotatable bonds is 5. The number of phenols is 1. The van der Waals surface area contributed by atoms with E-state index in [0.29, 0.717) is 23.5 Å². The molecule has 3 atom stereocenters. The molecule has 0 fully saturated rings. The number of phenolic OH excluding ortho intramolecular Hbond substituents is 1. The molecule has 0 radical (unpaired) electrons. The normalized spacial score (nSPS) is 22.0. The number of hydrogen-bond acceptors (Lipinski definition) is 2. The zero-order chi connectivity index (χ0) is 16.3. The van der Waals surface area contributed by atoms with Crippen LogP contribution in [-0.4, -0.2) is 10.2 Å². The standard InChI is InChI=1S/C20H30O2/c1-13(2)6-5-7-14(3)17-9-8-15(4)20-18(17)10-16(12-21)11-19(20)22/h6,10-11,14-15,17,21-22H,5,7-9,12H2,1-4H3/t14-,15+,17-/m0/s1. The van der Waals surface area contributed by atoms with E-state index in [0.717, 1.165) is 24.0 Å². The van der Waals surface area contributed by atoms with Gasteiger partial charge in [0.2, 0.25) is 0 Å². The summed E-state index contributed by atoms with van der Waals surface area (Å²) >= 11 is 0. The van der Waals surface area contributed by atoms with Crippen molar-refractivity contribution in [3.63, 3.8) is 0 Å². The minimum Gasteiger partial charge on any atom is -0.508 e. The van der Waals surface area contributed by atoms with Crippen LogP contribution in [0.3, 0.4) is 0 Å². The molecule has 0 heterocycles. The van der Waals surface area contributed by atoms with Crippen LogP contribution < -0.4 is 0 Å². The Morgan fingerprint density at radius 3 is 2.68 bits per heavy atom. The topological polar surface area (TPSA) is 40.5 Å².